The molecule has 0 bridgehead atoms. The molecular formula is C35H31NO2. The summed E-state index contributed by atoms with van der Waals surface area (Å²) >= 11 is 0. The van der Waals surface area contributed by atoms with Crippen molar-refractivity contribution in [2.24, 2.45) is 0 Å². The molecule has 0 spiro atoms. The van der Waals surface area contributed by atoms with Crippen LogP contribution in [0.3, 0.4) is 0 Å². The molecule has 5 aromatic rings. The van der Waals surface area contributed by atoms with Gasteiger partial charge >= 0.3 is 0 Å². The molecule has 0 amide bonds. The number of rotatable bonds is 5. The number of aryl methyl sites for hydroxylation is 1. The molecule has 188 valence electrons. The molecule has 38 heavy (non-hydrogen) atoms. The average Bonchev–Trinajstić information content (AvgIpc) is 3.06. The van der Waals surface area contributed by atoms with E-state index >= 15 is 0 Å². The fourth-order valence-corrected chi connectivity index (χ4v) is 5.17. The van der Waals surface area contributed by atoms with Crippen molar-refractivity contribution in [2.45, 2.75) is 26.4 Å². The largest absolute Gasteiger partial charge is 0.457 e. The van der Waals surface area contributed by atoms with Crippen molar-refractivity contribution in [2.75, 3.05) is 12.0 Å². The van der Waals surface area contributed by atoms with Gasteiger partial charge in [0.25, 0.3) is 0 Å². The molecule has 0 aliphatic carbocycles. The van der Waals surface area contributed by atoms with Crippen LogP contribution in [0.25, 0.3) is 22.3 Å². The van der Waals surface area contributed by atoms with E-state index in [2.05, 4.69) is 129 Å². The molecule has 1 heterocycles. The smallest absolute Gasteiger partial charge is 0.128 e. The Labute approximate surface area is 224 Å². The minimum absolute atomic E-state index is 0.347. The first-order chi connectivity index (χ1) is 18.4. The Bertz CT molecular complexity index is 1600. The second-order valence-corrected chi connectivity index (χ2v) is 10.3. The van der Waals surface area contributed by atoms with E-state index < -0.39 is 0 Å². The summed E-state index contributed by atoms with van der Waals surface area (Å²) in [5, 5.41) is 0. The molecule has 0 atom stereocenters. The van der Waals surface area contributed by atoms with Crippen LogP contribution in [-0.2, 0) is 10.3 Å². The van der Waals surface area contributed by atoms with Crippen molar-refractivity contribution < 1.29 is 9.47 Å². The van der Waals surface area contributed by atoms with Gasteiger partial charge in [0.1, 0.15) is 11.5 Å². The van der Waals surface area contributed by atoms with Gasteiger partial charge in [-0.05, 0) is 92.1 Å². The zero-order valence-corrected chi connectivity index (χ0v) is 22.2. The third-order valence-corrected chi connectivity index (χ3v) is 7.42. The summed E-state index contributed by atoms with van der Waals surface area (Å²) in [6.45, 7) is 6.27. The lowest BCUT2D eigenvalue weighted by Crippen LogP contribution is -2.18. The predicted molar refractivity (Wildman–Crippen MR) is 157 cm³/mol. The Kier molecular flexibility index (Phi) is 6.01. The lowest BCUT2D eigenvalue weighted by Gasteiger charge is -2.27. The van der Waals surface area contributed by atoms with Gasteiger partial charge in [-0.15, -0.1) is 0 Å². The number of ether oxygens (including phenoxy) is 2. The molecule has 1 aliphatic heterocycles. The van der Waals surface area contributed by atoms with Gasteiger partial charge in [0.2, 0.25) is 0 Å². The molecule has 0 saturated heterocycles. The van der Waals surface area contributed by atoms with Gasteiger partial charge in [-0.1, -0.05) is 66.2 Å². The Hall–Kier alpha value is -4.34. The lowest BCUT2D eigenvalue weighted by atomic mass is 9.94. The van der Waals surface area contributed by atoms with Gasteiger partial charge in [-0.25, -0.2) is 0 Å². The minimum atomic E-state index is -0.347. The highest BCUT2D eigenvalue weighted by atomic mass is 16.5. The van der Waals surface area contributed by atoms with E-state index in [1.807, 2.05) is 12.1 Å². The van der Waals surface area contributed by atoms with Crippen LogP contribution in [0.1, 0.15) is 25.0 Å². The number of para-hydroxylation sites is 1. The Balaban J connectivity index is 1.49. The Morgan fingerprint density at radius 1 is 0.579 bits per heavy atom. The molecule has 0 unspecified atom stereocenters. The minimum Gasteiger partial charge on any atom is -0.457 e. The van der Waals surface area contributed by atoms with Crippen molar-refractivity contribution in [3.8, 4) is 33.8 Å². The zero-order chi connectivity index (χ0) is 26.3. The highest BCUT2D eigenvalue weighted by Crippen LogP contribution is 2.51. The molecule has 0 aromatic heterocycles. The van der Waals surface area contributed by atoms with Crippen LogP contribution >= 0.6 is 0 Å². The fraction of sp³-hybridized carbons (Fsp3) is 0.143. The standard InChI is InChI=1S/C35H31NO2/c1-24-14-20-33-31(22-24)29-12-8-9-13-30(29)32-23-28(19-21-34(32)36(33)26-10-6-5-7-11-26)38-27-17-15-25(16-18-27)35(2,3)37-4/h5-23H,1-4H3. The van der Waals surface area contributed by atoms with Gasteiger partial charge in [-0.2, -0.15) is 0 Å². The van der Waals surface area contributed by atoms with Gasteiger partial charge in [0.15, 0.2) is 0 Å². The second-order valence-electron chi connectivity index (χ2n) is 10.3. The fourth-order valence-electron chi connectivity index (χ4n) is 5.17. The maximum atomic E-state index is 6.38. The summed E-state index contributed by atoms with van der Waals surface area (Å²) in [5.74, 6) is 1.59. The molecule has 3 heteroatoms. The molecule has 5 aromatic carbocycles. The third-order valence-electron chi connectivity index (χ3n) is 7.42. The normalized spacial score (nSPS) is 12.3. The van der Waals surface area contributed by atoms with Crippen LogP contribution in [-0.4, -0.2) is 7.11 Å². The van der Waals surface area contributed by atoms with E-state index in [0.717, 1.165) is 39.7 Å². The van der Waals surface area contributed by atoms with Gasteiger partial charge in [0.05, 0.1) is 17.0 Å². The van der Waals surface area contributed by atoms with Crippen molar-refractivity contribution in [1.82, 2.24) is 0 Å². The van der Waals surface area contributed by atoms with E-state index in [9.17, 15) is 0 Å². The van der Waals surface area contributed by atoms with Crippen LogP contribution in [0.5, 0.6) is 11.5 Å². The maximum Gasteiger partial charge on any atom is 0.128 e. The van der Waals surface area contributed by atoms with Gasteiger partial charge < -0.3 is 14.4 Å². The molecule has 0 saturated carbocycles. The van der Waals surface area contributed by atoms with Crippen molar-refractivity contribution in [3.63, 3.8) is 0 Å². The lowest BCUT2D eigenvalue weighted by molar-refractivity contribution is 0.0192. The second kappa shape index (κ2) is 9.51. The molecule has 0 radical (unpaired) electrons. The number of fused-ring (bicyclic) bond motifs is 5. The van der Waals surface area contributed by atoms with E-state index in [1.165, 1.54) is 22.3 Å². The number of nitrogens with zero attached hydrogens (tertiary/aromatic N) is 1. The van der Waals surface area contributed by atoms with E-state index in [-0.39, 0.29) is 5.60 Å². The summed E-state index contributed by atoms with van der Waals surface area (Å²) in [4.78, 5) is 2.36. The number of methoxy groups -OCH3 is 1. The van der Waals surface area contributed by atoms with Crippen molar-refractivity contribution in [3.05, 3.63) is 126 Å². The molecule has 6 rings (SSSR count). The van der Waals surface area contributed by atoms with Crippen LogP contribution in [0.4, 0.5) is 17.1 Å². The summed E-state index contributed by atoms with van der Waals surface area (Å²) in [5.41, 5.74) is 10.2. The number of benzene rings is 5. The molecule has 1 aliphatic rings. The van der Waals surface area contributed by atoms with Crippen LogP contribution < -0.4 is 9.64 Å². The Morgan fingerprint density at radius 2 is 1.16 bits per heavy atom. The SMILES string of the molecule is COC(C)(C)c1ccc(Oc2ccc3c(c2)-c2ccccc2-c2cc(C)ccc2N3c2ccccc2)cc1. The summed E-state index contributed by atoms with van der Waals surface area (Å²) in [6.07, 6.45) is 0. The van der Waals surface area contributed by atoms with E-state index in [0.29, 0.717) is 0 Å². The average molecular weight is 498 g/mol. The predicted octanol–water partition coefficient (Wildman–Crippen LogP) is 9.79. The van der Waals surface area contributed by atoms with E-state index in [4.69, 9.17) is 9.47 Å². The maximum absolute atomic E-state index is 6.38. The first-order valence-corrected chi connectivity index (χ1v) is 13.0. The summed E-state index contributed by atoms with van der Waals surface area (Å²) < 4.78 is 12.0. The summed E-state index contributed by atoms with van der Waals surface area (Å²) in [7, 11) is 1.73. The van der Waals surface area contributed by atoms with Crippen LogP contribution in [0, 0.1) is 6.92 Å². The first-order valence-electron chi connectivity index (χ1n) is 13.0. The van der Waals surface area contributed by atoms with Crippen LogP contribution in [0.15, 0.2) is 115 Å². The van der Waals surface area contributed by atoms with Gasteiger partial charge in [0, 0.05) is 23.9 Å². The van der Waals surface area contributed by atoms with E-state index in [1.54, 1.807) is 7.11 Å². The molecule has 0 N–H and O–H groups in total. The van der Waals surface area contributed by atoms with Crippen molar-refractivity contribution >= 4 is 17.1 Å². The van der Waals surface area contributed by atoms with Gasteiger partial charge in [-0.3, -0.25) is 0 Å². The van der Waals surface area contributed by atoms with Crippen LogP contribution in [0.2, 0.25) is 0 Å². The monoisotopic (exact) mass is 497 g/mol. The summed E-state index contributed by atoms with van der Waals surface area (Å²) in [6, 6.07) is 40.5. The topological polar surface area (TPSA) is 21.7 Å². The first kappa shape index (κ1) is 24.0. The molecule has 0 fully saturated rings. The zero-order valence-electron chi connectivity index (χ0n) is 22.2. The quantitative estimate of drug-likeness (QED) is 0.237. The molecule has 3 nitrogen and oxygen atoms in total. The molecular weight excluding hydrogens is 466 g/mol. The third kappa shape index (κ3) is 4.25. The number of hydrogen-bond donors (Lipinski definition) is 0. The number of anilines is 3. The number of hydrogen-bond acceptors (Lipinski definition) is 3. The highest BCUT2D eigenvalue weighted by Gasteiger charge is 2.26. The highest BCUT2D eigenvalue weighted by molar-refractivity contribution is 6.02. The Morgan fingerprint density at radius 3 is 1.82 bits per heavy atom. The van der Waals surface area contributed by atoms with Crippen molar-refractivity contribution in [1.29, 1.82) is 0 Å².